The molecule has 0 aliphatic rings. The molecule has 2 amide bonds. The first-order valence-corrected chi connectivity index (χ1v) is 15.4. The molecule has 0 aliphatic heterocycles. The summed E-state index contributed by atoms with van der Waals surface area (Å²) in [6.45, 7) is 16.4. The molecule has 1 aromatic heterocycles. The van der Waals surface area contributed by atoms with Crippen LogP contribution in [0, 0.1) is 0 Å². The van der Waals surface area contributed by atoms with Gasteiger partial charge in [-0.1, -0.05) is 35.6 Å². The first kappa shape index (κ1) is 34.2. The van der Waals surface area contributed by atoms with Gasteiger partial charge in [-0.15, -0.1) is 0 Å². The van der Waals surface area contributed by atoms with E-state index in [1.54, 1.807) is 25.7 Å². The van der Waals surface area contributed by atoms with Crippen molar-refractivity contribution in [3.05, 3.63) is 53.6 Å². The van der Waals surface area contributed by atoms with E-state index >= 15 is 0 Å². The van der Waals surface area contributed by atoms with Crippen molar-refractivity contribution in [3.63, 3.8) is 0 Å². The molecule has 0 aliphatic carbocycles. The van der Waals surface area contributed by atoms with Gasteiger partial charge in [0.05, 0.1) is 22.8 Å². The van der Waals surface area contributed by atoms with Crippen LogP contribution in [0.5, 0.6) is 5.75 Å². The number of nitrogens with one attached hydrogen (secondary N) is 1. The van der Waals surface area contributed by atoms with E-state index in [-0.39, 0.29) is 24.6 Å². The fourth-order valence-corrected chi connectivity index (χ4v) is 5.24. The molecule has 3 N–H and O–H groups in total. The lowest BCUT2D eigenvalue weighted by molar-refractivity contribution is -0.160. The lowest BCUT2D eigenvalue weighted by Gasteiger charge is -2.30. The lowest BCUT2D eigenvalue weighted by Crippen LogP contribution is -2.48. The number of hydrogen-bond acceptors (Lipinski definition) is 9. The third-order valence-electron chi connectivity index (χ3n) is 5.98. The molecule has 3 rings (SSSR count). The van der Waals surface area contributed by atoms with Crippen LogP contribution in [-0.2, 0) is 32.0 Å². The summed E-state index contributed by atoms with van der Waals surface area (Å²) in [6.07, 6.45) is -0.839. The number of anilines is 1. The van der Waals surface area contributed by atoms with Crippen molar-refractivity contribution in [2.24, 2.45) is 5.73 Å². The number of carbonyl (C=O) groups excluding carboxylic acids is 2. The highest BCUT2D eigenvalue weighted by Crippen LogP contribution is 2.30. The molecule has 1 atom stereocenters. The van der Waals surface area contributed by atoms with Gasteiger partial charge in [-0.05, 0) is 91.1 Å². The van der Waals surface area contributed by atoms with Crippen molar-refractivity contribution < 1.29 is 28.5 Å². The highest BCUT2D eigenvalue weighted by atomic mass is 32.1. The minimum atomic E-state index is -0.794. The Morgan fingerprint density at radius 3 is 2.21 bits per heavy atom. The Kier molecular flexibility index (Phi) is 11.9. The topological polar surface area (TPSA) is 125 Å². The van der Waals surface area contributed by atoms with Crippen LogP contribution in [0.1, 0.15) is 66.5 Å². The Labute approximate surface area is 258 Å². The van der Waals surface area contributed by atoms with E-state index in [0.717, 1.165) is 21.6 Å². The molecule has 43 heavy (non-hydrogen) atoms. The van der Waals surface area contributed by atoms with Crippen LogP contribution in [0.2, 0.25) is 0 Å². The Balaban J connectivity index is 1.83. The number of nitrogens with two attached hydrogens (primary N) is 1. The van der Waals surface area contributed by atoms with Gasteiger partial charge in [0.2, 0.25) is 5.91 Å². The van der Waals surface area contributed by atoms with Crippen molar-refractivity contribution in [2.45, 2.75) is 91.9 Å². The Morgan fingerprint density at radius 1 is 0.977 bits per heavy atom. The summed E-state index contributed by atoms with van der Waals surface area (Å²) in [7, 11) is 0. The quantitative estimate of drug-likeness (QED) is 0.221. The first-order chi connectivity index (χ1) is 20.2. The molecule has 3 aromatic rings. The molecule has 0 radical (unpaired) electrons. The number of rotatable bonds is 13. The minimum Gasteiger partial charge on any atom is -0.488 e. The number of nitrogens with zero attached hydrogens (tertiary/aromatic N) is 2. The molecule has 2 aromatic carbocycles. The second kappa shape index (κ2) is 15.0. The van der Waals surface area contributed by atoms with Crippen LogP contribution >= 0.6 is 11.3 Å². The smallest absolute Gasteiger partial charge is 0.413 e. The maximum atomic E-state index is 13.8. The molecule has 236 valence electrons. The zero-order chi connectivity index (χ0) is 31.8. The zero-order valence-corrected chi connectivity index (χ0v) is 27.4. The predicted octanol–water partition coefficient (Wildman–Crippen LogP) is 6.12. The van der Waals surface area contributed by atoms with E-state index < -0.39 is 24.0 Å². The lowest BCUT2D eigenvalue weighted by atomic mass is 10.0. The summed E-state index contributed by atoms with van der Waals surface area (Å²) in [5.74, 6) is 0.518. The van der Waals surface area contributed by atoms with E-state index in [2.05, 4.69) is 10.3 Å². The number of amides is 2. The van der Waals surface area contributed by atoms with Crippen LogP contribution in [-0.4, -0.2) is 65.2 Å². The zero-order valence-electron chi connectivity index (χ0n) is 26.6. The molecule has 11 heteroatoms. The molecule has 0 saturated carbocycles. The molecule has 0 bridgehead atoms. The van der Waals surface area contributed by atoms with Crippen molar-refractivity contribution in [1.29, 1.82) is 0 Å². The van der Waals surface area contributed by atoms with Crippen LogP contribution < -0.4 is 15.8 Å². The number of thiazole rings is 1. The third kappa shape index (κ3) is 11.1. The molecular weight excluding hydrogens is 568 g/mol. The maximum absolute atomic E-state index is 13.8. The second-order valence-electron chi connectivity index (χ2n) is 12.1. The Bertz CT molecular complexity index is 1340. The van der Waals surface area contributed by atoms with Gasteiger partial charge in [0.25, 0.3) is 0 Å². The first-order valence-electron chi connectivity index (χ1n) is 14.6. The highest BCUT2D eigenvalue weighted by Gasteiger charge is 2.26. The molecule has 0 fully saturated rings. The normalized spacial score (nSPS) is 12.8. The van der Waals surface area contributed by atoms with Gasteiger partial charge < -0.3 is 29.6 Å². The van der Waals surface area contributed by atoms with Gasteiger partial charge in [0, 0.05) is 19.8 Å². The second-order valence-corrected chi connectivity index (χ2v) is 13.2. The fourth-order valence-electron chi connectivity index (χ4n) is 4.34. The van der Waals surface area contributed by atoms with E-state index in [0.29, 0.717) is 30.3 Å². The summed E-state index contributed by atoms with van der Waals surface area (Å²) in [4.78, 5) is 32.5. The van der Waals surface area contributed by atoms with E-state index in [1.165, 1.54) is 11.3 Å². The summed E-state index contributed by atoms with van der Waals surface area (Å²) in [5.41, 5.74) is 7.99. The predicted molar refractivity (Wildman–Crippen MR) is 170 cm³/mol. The van der Waals surface area contributed by atoms with E-state index in [4.69, 9.17) is 24.7 Å². The summed E-state index contributed by atoms with van der Waals surface area (Å²) in [5, 5.41) is 3.12. The third-order valence-corrected chi connectivity index (χ3v) is 6.91. The molecule has 0 unspecified atom stereocenters. The number of carbonyl (C=O) groups is 2. The van der Waals surface area contributed by atoms with Crippen molar-refractivity contribution in [1.82, 2.24) is 9.88 Å². The number of benzene rings is 2. The van der Waals surface area contributed by atoms with E-state index in [1.807, 2.05) is 77.1 Å². The number of aromatic nitrogens is 1. The molecular formula is C32H46N4O6S. The van der Waals surface area contributed by atoms with Crippen LogP contribution in [0.4, 0.5) is 9.93 Å². The van der Waals surface area contributed by atoms with Gasteiger partial charge in [-0.25, -0.2) is 9.78 Å². The van der Waals surface area contributed by atoms with Crippen molar-refractivity contribution in [2.75, 3.05) is 25.1 Å². The number of hydrogen-bond donors (Lipinski definition) is 2. The number of ether oxygens (including phenoxy) is 4. The molecule has 0 saturated heterocycles. The average Bonchev–Trinajstić information content (AvgIpc) is 3.30. The van der Waals surface area contributed by atoms with E-state index in [9.17, 15) is 9.59 Å². The SMILES string of the molecule is CCOC(CN(Cc1cccc2sc(NC(=O)OC(C)(C)C)nc12)C(=O)[C@@H](N)Cc1ccc(OC(C)(C)C)cc1)OCC. The van der Waals surface area contributed by atoms with Crippen LogP contribution in [0.3, 0.4) is 0 Å². The summed E-state index contributed by atoms with van der Waals surface area (Å²) in [6, 6.07) is 12.6. The monoisotopic (exact) mass is 614 g/mol. The number of fused-ring (bicyclic) bond motifs is 1. The average molecular weight is 615 g/mol. The fraction of sp³-hybridized carbons (Fsp3) is 0.531. The van der Waals surface area contributed by atoms with Crippen molar-refractivity contribution in [3.8, 4) is 5.75 Å². The van der Waals surface area contributed by atoms with Gasteiger partial charge in [-0.2, -0.15) is 0 Å². The van der Waals surface area contributed by atoms with Gasteiger partial charge in [0.1, 0.15) is 17.0 Å². The summed E-state index contributed by atoms with van der Waals surface area (Å²) < 4.78 is 23.7. The maximum Gasteiger partial charge on any atom is 0.413 e. The van der Waals surface area contributed by atoms with Gasteiger partial charge in [0.15, 0.2) is 11.4 Å². The highest BCUT2D eigenvalue weighted by molar-refractivity contribution is 7.22. The Morgan fingerprint density at radius 2 is 1.63 bits per heavy atom. The van der Waals surface area contributed by atoms with Gasteiger partial charge in [-0.3, -0.25) is 10.1 Å². The summed E-state index contributed by atoms with van der Waals surface area (Å²) >= 11 is 1.33. The number of para-hydroxylation sites is 1. The largest absolute Gasteiger partial charge is 0.488 e. The standard InChI is InChI=1S/C32H46N4O6S/c1-9-39-26(40-10-2)20-36(28(37)24(33)18-21-14-16-23(17-15-21)41-31(3,4)5)19-22-12-11-13-25-27(22)34-29(43-25)35-30(38)42-32(6,7)8/h11-17,24,26H,9-10,18-20,33H2,1-8H3,(H,34,35,38)/t24-/m0/s1. The van der Waals surface area contributed by atoms with Gasteiger partial charge >= 0.3 is 6.09 Å². The van der Waals surface area contributed by atoms with Crippen LogP contribution in [0.15, 0.2) is 42.5 Å². The molecule has 10 nitrogen and oxygen atoms in total. The minimum absolute atomic E-state index is 0.191. The molecule has 1 heterocycles. The Hall–Kier alpha value is -3.25. The van der Waals surface area contributed by atoms with Crippen LogP contribution in [0.25, 0.3) is 10.2 Å². The van der Waals surface area contributed by atoms with Crippen molar-refractivity contribution >= 4 is 38.7 Å². The molecule has 0 spiro atoms.